The molecule has 0 spiro atoms. The van der Waals surface area contributed by atoms with E-state index in [0.717, 1.165) is 52.4 Å². The van der Waals surface area contributed by atoms with Crippen LogP contribution in [0.5, 0.6) is 0 Å². The Kier molecular flexibility index (Phi) is 10.1. The average Bonchev–Trinajstić information content (AvgIpc) is 2.79. The van der Waals surface area contributed by atoms with Crippen molar-refractivity contribution in [3.63, 3.8) is 0 Å². The van der Waals surface area contributed by atoms with E-state index in [1.807, 2.05) is 19.3 Å². The second-order valence-electron chi connectivity index (χ2n) is 9.60. The van der Waals surface area contributed by atoms with Gasteiger partial charge in [-0.1, -0.05) is 44.2 Å². The maximum atomic E-state index is 4.66. The van der Waals surface area contributed by atoms with Gasteiger partial charge in [-0.15, -0.1) is 0 Å². The van der Waals surface area contributed by atoms with E-state index >= 15 is 0 Å². The molecule has 3 rings (SSSR count). The largest absolute Gasteiger partial charge is 0.320 e. The van der Waals surface area contributed by atoms with Gasteiger partial charge in [0, 0.05) is 51.5 Å². The van der Waals surface area contributed by atoms with E-state index in [-0.39, 0.29) is 0 Å². The Morgan fingerprint density at radius 2 is 2.00 bits per heavy atom. The zero-order valence-corrected chi connectivity index (χ0v) is 20.6. The average molecular weight is 438 g/mol. The number of nitrogens with one attached hydrogen (secondary N) is 2. The number of hydrogen-bond acceptors (Lipinski definition) is 5. The number of aromatic nitrogens is 1. The number of pyridine rings is 1. The third-order valence-electron chi connectivity index (χ3n) is 6.51. The molecular weight excluding hydrogens is 394 g/mol. The lowest BCUT2D eigenvalue weighted by atomic mass is 10.0. The van der Waals surface area contributed by atoms with E-state index in [1.165, 1.54) is 35.2 Å². The Hall–Kier alpha value is -1.79. The molecule has 2 N–H and O–H groups in total. The van der Waals surface area contributed by atoms with Gasteiger partial charge in [0.1, 0.15) is 0 Å². The third kappa shape index (κ3) is 7.96. The van der Waals surface area contributed by atoms with Crippen LogP contribution in [0.3, 0.4) is 0 Å². The molecule has 1 aromatic heterocycles. The van der Waals surface area contributed by atoms with Crippen LogP contribution in [-0.2, 0) is 13.1 Å². The molecule has 0 aliphatic carbocycles. The van der Waals surface area contributed by atoms with Gasteiger partial charge in [0.2, 0.25) is 0 Å². The Balaban J connectivity index is 1.57. The number of nitrogens with zero attached hydrogens (tertiary/aromatic N) is 3. The van der Waals surface area contributed by atoms with Crippen molar-refractivity contribution in [3.8, 4) is 0 Å². The van der Waals surface area contributed by atoms with Crippen molar-refractivity contribution in [2.75, 3.05) is 46.3 Å². The smallest absolute Gasteiger partial charge is 0.0573 e. The Morgan fingerprint density at radius 3 is 2.72 bits per heavy atom. The third-order valence-corrected chi connectivity index (χ3v) is 6.51. The summed E-state index contributed by atoms with van der Waals surface area (Å²) in [5.41, 5.74) is 5.34. The quantitative estimate of drug-likeness (QED) is 0.495. The van der Waals surface area contributed by atoms with Gasteiger partial charge < -0.3 is 10.6 Å². The van der Waals surface area contributed by atoms with E-state index in [4.69, 9.17) is 0 Å². The van der Waals surface area contributed by atoms with Gasteiger partial charge in [-0.05, 0) is 68.6 Å². The molecule has 5 heteroatoms. The summed E-state index contributed by atoms with van der Waals surface area (Å²) in [6, 6.07) is 13.9. The molecule has 0 amide bonds. The highest BCUT2D eigenvalue weighted by Gasteiger charge is 2.22. The molecule has 0 bridgehead atoms. The highest BCUT2D eigenvalue weighted by molar-refractivity contribution is 5.24. The van der Waals surface area contributed by atoms with Crippen molar-refractivity contribution < 1.29 is 0 Å². The van der Waals surface area contributed by atoms with Gasteiger partial charge in [-0.3, -0.25) is 14.8 Å². The zero-order valence-electron chi connectivity index (χ0n) is 20.6. The second kappa shape index (κ2) is 13.0. The normalized spacial score (nSPS) is 17.4. The number of piperazine rings is 1. The molecule has 32 heavy (non-hydrogen) atoms. The van der Waals surface area contributed by atoms with Crippen LogP contribution in [0.25, 0.3) is 0 Å². The van der Waals surface area contributed by atoms with Crippen molar-refractivity contribution in [1.82, 2.24) is 25.4 Å². The summed E-state index contributed by atoms with van der Waals surface area (Å²) in [6.07, 6.45) is 4.35. The fourth-order valence-corrected chi connectivity index (χ4v) is 4.51. The molecule has 0 radical (unpaired) electrons. The molecule has 2 heterocycles. The highest BCUT2D eigenvalue weighted by Crippen LogP contribution is 2.17. The van der Waals surface area contributed by atoms with Crippen molar-refractivity contribution in [2.24, 2.45) is 0 Å². The van der Waals surface area contributed by atoms with Crippen molar-refractivity contribution >= 4 is 0 Å². The molecule has 2 aromatic rings. The number of benzene rings is 1. The summed E-state index contributed by atoms with van der Waals surface area (Å²) in [5.74, 6) is 0.592. The van der Waals surface area contributed by atoms with Gasteiger partial charge in [0.05, 0.1) is 5.69 Å². The summed E-state index contributed by atoms with van der Waals surface area (Å²) in [4.78, 5) is 9.87. The minimum absolute atomic E-state index is 0.493. The Labute approximate surface area is 195 Å². The number of hydrogen-bond donors (Lipinski definition) is 2. The summed E-state index contributed by atoms with van der Waals surface area (Å²) in [5, 5.41) is 7.05. The van der Waals surface area contributed by atoms with Crippen molar-refractivity contribution in [3.05, 3.63) is 65.0 Å². The minimum Gasteiger partial charge on any atom is -0.320 e. The van der Waals surface area contributed by atoms with Crippen LogP contribution in [0.4, 0.5) is 0 Å². The fourth-order valence-electron chi connectivity index (χ4n) is 4.51. The van der Waals surface area contributed by atoms with Crippen LogP contribution in [0.1, 0.15) is 55.0 Å². The zero-order chi connectivity index (χ0) is 22.8. The van der Waals surface area contributed by atoms with Crippen molar-refractivity contribution in [1.29, 1.82) is 0 Å². The lowest BCUT2D eigenvalue weighted by molar-refractivity contribution is 0.148. The summed E-state index contributed by atoms with van der Waals surface area (Å²) in [7, 11) is 2.03. The summed E-state index contributed by atoms with van der Waals surface area (Å²) in [6.45, 7) is 15.2. The van der Waals surface area contributed by atoms with Crippen LogP contribution >= 0.6 is 0 Å². The predicted molar refractivity (Wildman–Crippen MR) is 135 cm³/mol. The van der Waals surface area contributed by atoms with E-state index in [0.29, 0.717) is 12.0 Å². The van der Waals surface area contributed by atoms with Crippen LogP contribution in [-0.4, -0.2) is 67.1 Å². The molecule has 1 saturated heterocycles. The first-order valence-electron chi connectivity index (χ1n) is 12.4. The summed E-state index contributed by atoms with van der Waals surface area (Å²) >= 11 is 0. The first-order chi connectivity index (χ1) is 15.5. The SMILES string of the molecule is CNCCCCN(Cc1ncccc1C)C[C@H]1CN(Cc2ccc(C(C)C)cc2)CCN1. The van der Waals surface area contributed by atoms with Gasteiger partial charge in [0.25, 0.3) is 0 Å². The van der Waals surface area contributed by atoms with Gasteiger partial charge in [-0.25, -0.2) is 0 Å². The Morgan fingerprint density at radius 1 is 1.19 bits per heavy atom. The maximum Gasteiger partial charge on any atom is 0.0573 e. The highest BCUT2D eigenvalue weighted by atomic mass is 15.2. The van der Waals surface area contributed by atoms with Crippen LogP contribution in [0, 0.1) is 6.92 Å². The second-order valence-corrected chi connectivity index (χ2v) is 9.60. The van der Waals surface area contributed by atoms with Crippen LogP contribution in [0.2, 0.25) is 0 Å². The first kappa shape index (κ1) is 24.8. The van der Waals surface area contributed by atoms with Gasteiger partial charge >= 0.3 is 0 Å². The topological polar surface area (TPSA) is 43.4 Å². The van der Waals surface area contributed by atoms with Crippen LogP contribution in [0.15, 0.2) is 42.6 Å². The lowest BCUT2D eigenvalue weighted by Crippen LogP contribution is -2.54. The Bertz CT molecular complexity index is 789. The monoisotopic (exact) mass is 437 g/mol. The van der Waals surface area contributed by atoms with Crippen molar-refractivity contribution in [2.45, 2.75) is 58.7 Å². The molecule has 1 aromatic carbocycles. The molecule has 1 atom stereocenters. The fraction of sp³-hybridized carbons (Fsp3) is 0.593. The van der Waals surface area contributed by atoms with E-state index in [9.17, 15) is 0 Å². The number of unbranched alkanes of at least 4 members (excludes halogenated alkanes) is 1. The van der Waals surface area contributed by atoms with E-state index in [1.54, 1.807) is 0 Å². The molecular formula is C27H43N5. The molecule has 5 nitrogen and oxygen atoms in total. The molecule has 0 saturated carbocycles. The molecule has 176 valence electrons. The molecule has 1 aliphatic rings. The minimum atomic E-state index is 0.493. The van der Waals surface area contributed by atoms with E-state index in [2.05, 4.69) is 76.5 Å². The summed E-state index contributed by atoms with van der Waals surface area (Å²) < 4.78 is 0. The standard InChI is InChI=1S/C27H43N5/c1-22(2)25-11-9-24(10-12-25)18-32-17-15-29-26(20-32)19-31(16-6-5-13-28-4)21-27-23(3)8-7-14-30-27/h7-12,14,22,26,28-29H,5-6,13,15-21H2,1-4H3/t26-/m0/s1. The molecule has 1 fully saturated rings. The lowest BCUT2D eigenvalue weighted by Gasteiger charge is -2.36. The van der Waals surface area contributed by atoms with E-state index < -0.39 is 0 Å². The van der Waals surface area contributed by atoms with Gasteiger partial charge in [0.15, 0.2) is 0 Å². The molecule has 0 unspecified atom stereocenters. The predicted octanol–water partition coefficient (Wildman–Crippen LogP) is 3.79. The number of rotatable bonds is 12. The molecule has 1 aliphatic heterocycles. The maximum absolute atomic E-state index is 4.66. The first-order valence-corrected chi connectivity index (χ1v) is 12.4. The number of aryl methyl sites for hydroxylation is 1. The van der Waals surface area contributed by atoms with Gasteiger partial charge in [-0.2, -0.15) is 0 Å². The van der Waals surface area contributed by atoms with Crippen LogP contribution < -0.4 is 10.6 Å².